The first kappa shape index (κ1) is 19.5. The number of nitrogens with one attached hydrogen (secondary N) is 2. The topological polar surface area (TPSA) is 74.6 Å². The zero-order valence-corrected chi connectivity index (χ0v) is 16.0. The number of halogens is 2. The third kappa shape index (κ3) is 4.84. The summed E-state index contributed by atoms with van der Waals surface area (Å²) in [6.07, 6.45) is 0. The van der Waals surface area contributed by atoms with Crippen molar-refractivity contribution in [3.05, 3.63) is 52.4 Å². The summed E-state index contributed by atoms with van der Waals surface area (Å²) in [6.45, 7) is 4.20. The van der Waals surface area contributed by atoms with Crippen molar-refractivity contribution in [1.82, 2.24) is 10.2 Å². The van der Waals surface area contributed by atoms with Crippen LogP contribution in [0, 0.1) is 0 Å². The van der Waals surface area contributed by atoms with Crippen LogP contribution >= 0.6 is 28.3 Å². The summed E-state index contributed by atoms with van der Waals surface area (Å²) >= 11 is 3.16. The van der Waals surface area contributed by atoms with Gasteiger partial charge in [0, 0.05) is 36.9 Å². The van der Waals surface area contributed by atoms with E-state index in [2.05, 4.69) is 33.5 Å². The van der Waals surface area contributed by atoms with Gasteiger partial charge in [-0.15, -0.1) is 12.4 Å². The van der Waals surface area contributed by atoms with Gasteiger partial charge in [0.1, 0.15) is 0 Å². The minimum atomic E-state index is -0.360. The number of benzene rings is 1. The van der Waals surface area contributed by atoms with Crippen LogP contribution in [0.4, 0.5) is 5.69 Å². The van der Waals surface area contributed by atoms with Crippen LogP contribution in [0.3, 0.4) is 0 Å². The number of nitrogens with zero attached hydrogens (tertiary/aromatic N) is 1. The highest BCUT2D eigenvalue weighted by atomic mass is 79.9. The molecule has 2 N–H and O–H groups in total. The molecule has 1 aromatic heterocycles. The summed E-state index contributed by atoms with van der Waals surface area (Å²) in [7, 11) is 0. The molecule has 2 aromatic rings. The lowest BCUT2D eigenvalue weighted by Crippen LogP contribution is -2.51. The summed E-state index contributed by atoms with van der Waals surface area (Å²) in [4.78, 5) is 26.6. The number of furan rings is 1. The molecule has 1 unspecified atom stereocenters. The molecule has 0 aliphatic carbocycles. The highest BCUT2D eigenvalue weighted by Crippen LogP contribution is 2.18. The van der Waals surface area contributed by atoms with Gasteiger partial charge >= 0.3 is 0 Å². The molecule has 1 aliphatic rings. The molecular weight excluding hydrogens is 410 g/mol. The molecule has 2 amide bonds. The van der Waals surface area contributed by atoms with Gasteiger partial charge in [0.05, 0.1) is 0 Å². The van der Waals surface area contributed by atoms with Crippen molar-refractivity contribution in [2.45, 2.75) is 13.0 Å². The van der Waals surface area contributed by atoms with E-state index in [9.17, 15) is 9.59 Å². The number of hydrogen-bond donors (Lipinski definition) is 2. The number of piperazine rings is 1. The van der Waals surface area contributed by atoms with Crippen LogP contribution in [-0.4, -0.2) is 42.4 Å². The molecule has 3 rings (SSSR count). The van der Waals surface area contributed by atoms with Crippen LogP contribution < -0.4 is 10.6 Å². The van der Waals surface area contributed by atoms with Gasteiger partial charge in [-0.3, -0.25) is 9.59 Å². The first-order valence-corrected chi connectivity index (χ1v) is 8.51. The van der Waals surface area contributed by atoms with Crippen LogP contribution in [0.25, 0.3) is 0 Å². The van der Waals surface area contributed by atoms with Gasteiger partial charge in [-0.25, -0.2) is 0 Å². The molecule has 1 fully saturated rings. The van der Waals surface area contributed by atoms with E-state index in [0.717, 1.165) is 6.54 Å². The van der Waals surface area contributed by atoms with E-state index in [1.54, 1.807) is 36.4 Å². The monoisotopic (exact) mass is 427 g/mol. The molecule has 134 valence electrons. The van der Waals surface area contributed by atoms with Crippen molar-refractivity contribution in [3.8, 4) is 0 Å². The van der Waals surface area contributed by atoms with Crippen LogP contribution in [0.5, 0.6) is 0 Å². The van der Waals surface area contributed by atoms with Gasteiger partial charge in [-0.05, 0) is 53.2 Å². The molecule has 0 bridgehead atoms. The molecule has 1 saturated heterocycles. The van der Waals surface area contributed by atoms with Gasteiger partial charge in [0.25, 0.3) is 11.8 Å². The molecule has 0 spiro atoms. The summed E-state index contributed by atoms with van der Waals surface area (Å²) in [5.41, 5.74) is 1.11. The highest BCUT2D eigenvalue weighted by Gasteiger charge is 2.22. The maximum atomic E-state index is 12.6. The fourth-order valence-electron chi connectivity index (χ4n) is 2.66. The van der Waals surface area contributed by atoms with Crippen molar-refractivity contribution in [3.63, 3.8) is 0 Å². The van der Waals surface area contributed by atoms with Crippen molar-refractivity contribution < 1.29 is 14.0 Å². The van der Waals surface area contributed by atoms with Crippen LogP contribution in [0.2, 0.25) is 0 Å². The quantitative estimate of drug-likeness (QED) is 0.787. The summed E-state index contributed by atoms with van der Waals surface area (Å²) in [6, 6.07) is 10.5. The second kappa shape index (κ2) is 8.51. The predicted octanol–water partition coefficient (Wildman–Crippen LogP) is 3.15. The summed E-state index contributed by atoms with van der Waals surface area (Å²) in [5, 5.41) is 6.05. The van der Waals surface area contributed by atoms with Gasteiger partial charge in [0.2, 0.25) is 0 Å². The van der Waals surface area contributed by atoms with E-state index in [1.807, 2.05) is 4.90 Å². The zero-order valence-electron chi connectivity index (χ0n) is 13.6. The van der Waals surface area contributed by atoms with Crippen molar-refractivity contribution >= 4 is 45.8 Å². The second-order valence-electron chi connectivity index (χ2n) is 5.75. The first-order chi connectivity index (χ1) is 11.5. The fourth-order valence-corrected chi connectivity index (χ4v) is 2.96. The lowest BCUT2D eigenvalue weighted by molar-refractivity contribution is 0.0709. The first-order valence-electron chi connectivity index (χ1n) is 7.72. The third-order valence-corrected chi connectivity index (χ3v) is 4.25. The molecule has 0 radical (unpaired) electrons. The average molecular weight is 429 g/mol. The predicted molar refractivity (Wildman–Crippen MR) is 101 cm³/mol. The molecular formula is C17H19BrClN3O3. The Morgan fingerprint density at radius 2 is 2.12 bits per heavy atom. The van der Waals surface area contributed by atoms with Gasteiger partial charge in [-0.1, -0.05) is 6.07 Å². The number of rotatable bonds is 3. The van der Waals surface area contributed by atoms with E-state index in [1.165, 1.54) is 0 Å². The Morgan fingerprint density at radius 3 is 2.80 bits per heavy atom. The number of anilines is 1. The Balaban J connectivity index is 0.00000225. The Kier molecular flexibility index (Phi) is 6.64. The number of hydrogen-bond acceptors (Lipinski definition) is 4. The van der Waals surface area contributed by atoms with Gasteiger partial charge in [0.15, 0.2) is 10.4 Å². The Hall–Kier alpha value is -1.83. The van der Waals surface area contributed by atoms with E-state index in [4.69, 9.17) is 4.42 Å². The van der Waals surface area contributed by atoms with E-state index in [0.29, 0.717) is 29.0 Å². The maximum Gasteiger partial charge on any atom is 0.291 e. The highest BCUT2D eigenvalue weighted by molar-refractivity contribution is 9.10. The van der Waals surface area contributed by atoms with E-state index in [-0.39, 0.29) is 36.0 Å². The molecule has 8 heteroatoms. The fraction of sp³-hybridized carbons (Fsp3) is 0.294. The molecule has 0 saturated carbocycles. The minimum absolute atomic E-state index is 0. The van der Waals surface area contributed by atoms with Crippen LogP contribution in [-0.2, 0) is 0 Å². The van der Waals surface area contributed by atoms with Crippen LogP contribution in [0.15, 0.2) is 45.5 Å². The minimum Gasteiger partial charge on any atom is -0.444 e. The third-order valence-electron chi connectivity index (χ3n) is 3.82. The largest absolute Gasteiger partial charge is 0.444 e. The van der Waals surface area contributed by atoms with Crippen molar-refractivity contribution in [2.24, 2.45) is 0 Å². The average Bonchev–Trinajstić information content (AvgIpc) is 3.01. The molecule has 6 nitrogen and oxygen atoms in total. The smallest absolute Gasteiger partial charge is 0.291 e. The summed E-state index contributed by atoms with van der Waals surface area (Å²) < 4.78 is 5.71. The molecule has 1 aliphatic heterocycles. The zero-order chi connectivity index (χ0) is 17.1. The SMILES string of the molecule is CC1CN(C(=O)c2cccc(NC(=O)c3ccc(Br)o3)c2)CCN1.Cl. The lowest BCUT2D eigenvalue weighted by Gasteiger charge is -2.32. The second-order valence-corrected chi connectivity index (χ2v) is 6.53. The molecule has 1 atom stereocenters. The Morgan fingerprint density at radius 1 is 1.32 bits per heavy atom. The normalized spacial score (nSPS) is 16.9. The standard InChI is InChI=1S/C17H18BrN3O3.ClH/c1-11-10-21(8-7-19-11)17(23)12-3-2-4-13(9-12)20-16(22)14-5-6-15(18)24-14;/h2-6,9,11,19H,7-8,10H2,1H3,(H,20,22);1H. The van der Waals surface area contributed by atoms with Crippen LogP contribution in [0.1, 0.15) is 27.8 Å². The Labute approximate surface area is 160 Å². The van der Waals surface area contributed by atoms with Crippen molar-refractivity contribution in [1.29, 1.82) is 0 Å². The molecule has 1 aromatic carbocycles. The number of carbonyl (C=O) groups excluding carboxylic acids is 2. The number of amides is 2. The number of carbonyl (C=O) groups is 2. The van der Waals surface area contributed by atoms with Crippen molar-refractivity contribution in [2.75, 3.05) is 25.0 Å². The maximum absolute atomic E-state index is 12.6. The summed E-state index contributed by atoms with van der Waals surface area (Å²) in [5.74, 6) is -0.184. The van der Waals surface area contributed by atoms with E-state index < -0.39 is 0 Å². The molecule has 25 heavy (non-hydrogen) atoms. The van der Waals surface area contributed by atoms with E-state index >= 15 is 0 Å². The lowest BCUT2D eigenvalue weighted by atomic mass is 10.1. The van der Waals surface area contributed by atoms with Gasteiger partial charge in [-0.2, -0.15) is 0 Å². The Bertz CT molecular complexity index is 765. The van der Waals surface area contributed by atoms with Gasteiger partial charge < -0.3 is 20.0 Å². The molecule has 2 heterocycles.